The van der Waals surface area contributed by atoms with Crippen molar-refractivity contribution in [3.8, 4) is 0 Å². The highest BCUT2D eigenvalue weighted by Crippen LogP contribution is 2.30. The molecule has 0 aromatic rings. The van der Waals surface area contributed by atoms with Crippen molar-refractivity contribution in [3.05, 3.63) is 0 Å². The minimum Gasteiger partial charge on any atom is -0.393 e. The molecule has 11 heavy (non-hydrogen) atoms. The maximum Gasteiger partial charge on any atom is 0.318 e. The number of carbonyl (C=O) groups is 2. The molecule has 0 radical (unpaired) electrons. The quantitative estimate of drug-likeness (QED) is 0.341. The topological polar surface area (TPSA) is 46.6 Å². The molecule has 60 valence electrons. The minimum absolute atomic E-state index is 0.188. The number of hydrogen-bond donors (Lipinski definition) is 0. The molecule has 4 nitrogen and oxygen atoms in total. The lowest BCUT2D eigenvalue weighted by molar-refractivity contribution is -0.154. The number of nitrogens with zero attached hydrogens (tertiary/aromatic N) is 1. The van der Waals surface area contributed by atoms with Crippen molar-refractivity contribution in [3.63, 3.8) is 0 Å². The van der Waals surface area contributed by atoms with Gasteiger partial charge in [-0.25, -0.2) is 0 Å². The van der Waals surface area contributed by atoms with Gasteiger partial charge in [0.25, 0.3) is 0 Å². The van der Waals surface area contributed by atoms with E-state index in [1.165, 1.54) is 0 Å². The van der Waals surface area contributed by atoms with Crippen molar-refractivity contribution in [2.45, 2.75) is 0 Å². The molecule has 2 unspecified atom stereocenters. The number of likely N-dealkylation sites (tertiary alicyclic amines) is 1. The Morgan fingerprint density at radius 2 is 1.73 bits per heavy atom. The lowest BCUT2D eigenvalue weighted by Gasteiger charge is -2.06. The SMILES string of the molecule is CN1CC2C(=O)OC(=O)C2C1. The average Bonchev–Trinajstić information content (AvgIpc) is 2.38. The molecule has 2 atom stereocenters. The van der Waals surface area contributed by atoms with Gasteiger partial charge in [0, 0.05) is 13.1 Å². The molecule has 2 fully saturated rings. The Morgan fingerprint density at radius 3 is 2.18 bits per heavy atom. The van der Waals surface area contributed by atoms with Crippen LogP contribution in [0.5, 0.6) is 0 Å². The van der Waals surface area contributed by atoms with Crippen molar-refractivity contribution in [2.75, 3.05) is 20.1 Å². The Balaban J connectivity index is 2.23. The first-order chi connectivity index (χ1) is 5.18. The van der Waals surface area contributed by atoms with Crippen LogP contribution in [0.1, 0.15) is 0 Å². The van der Waals surface area contributed by atoms with E-state index in [9.17, 15) is 9.59 Å². The molecular formula is C7H9NO3. The first-order valence-corrected chi connectivity index (χ1v) is 3.62. The number of esters is 2. The summed E-state index contributed by atoms with van der Waals surface area (Å²) in [5.74, 6) is -1.06. The molecule has 0 aliphatic carbocycles. The lowest BCUT2D eigenvalue weighted by Crippen LogP contribution is -2.20. The lowest BCUT2D eigenvalue weighted by atomic mass is 10.00. The zero-order valence-corrected chi connectivity index (χ0v) is 6.24. The Bertz CT molecular complexity index is 204. The summed E-state index contributed by atoms with van der Waals surface area (Å²) in [6.07, 6.45) is 0. The second-order valence-electron chi connectivity index (χ2n) is 3.17. The third-order valence-corrected chi connectivity index (χ3v) is 2.31. The summed E-state index contributed by atoms with van der Waals surface area (Å²) in [6, 6.07) is 0. The number of rotatable bonds is 0. The van der Waals surface area contributed by atoms with Crippen molar-refractivity contribution < 1.29 is 14.3 Å². The van der Waals surface area contributed by atoms with Crippen molar-refractivity contribution >= 4 is 11.9 Å². The Morgan fingerprint density at radius 1 is 1.27 bits per heavy atom. The van der Waals surface area contributed by atoms with Crippen LogP contribution in [0.2, 0.25) is 0 Å². The summed E-state index contributed by atoms with van der Waals surface area (Å²) in [4.78, 5) is 23.9. The molecule has 0 saturated carbocycles. The van der Waals surface area contributed by atoms with E-state index in [-0.39, 0.29) is 23.8 Å². The van der Waals surface area contributed by atoms with Crippen LogP contribution in [-0.4, -0.2) is 37.0 Å². The maximum absolute atomic E-state index is 10.9. The molecule has 0 aromatic carbocycles. The summed E-state index contributed by atoms with van der Waals surface area (Å²) in [7, 11) is 1.90. The van der Waals surface area contributed by atoms with E-state index in [1.807, 2.05) is 11.9 Å². The number of fused-ring (bicyclic) bond motifs is 1. The second kappa shape index (κ2) is 2.04. The number of hydrogen-bond acceptors (Lipinski definition) is 4. The van der Waals surface area contributed by atoms with E-state index in [0.717, 1.165) is 0 Å². The Kier molecular flexibility index (Phi) is 1.26. The first-order valence-electron chi connectivity index (χ1n) is 3.62. The van der Waals surface area contributed by atoms with Crippen LogP contribution in [0.3, 0.4) is 0 Å². The van der Waals surface area contributed by atoms with Gasteiger partial charge in [0.05, 0.1) is 11.8 Å². The molecular weight excluding hydrogens is 146 g/mol. The van der Waals surface area contributed by atoms with Gasteiger partial charge in [0.15, 0.2) is 0 Å². The van der Waals surface area contributed by atoms with Crippen molar-refractivity contribution in [1.29, 1.82) is 0 Å². The van der Waals surface area contributed by atoms with Gasteiger partial charge in [-0.15, -0.1) is 0 Å². The average molecular weight is 155 g/mol. The number of carbonyl (C=O) groups excluding carboxylic acids is 2. The number of ether oxygens (including phenoxy) is 1. The van der Waals surface area contributed by atoms with Crippen LogP contribution in [0, 0.1) is 11.8 Å². The fourth-order valence-electron chi connectivity index (χ4n) is 1.73. The Labute approximate surface area is 64.1 Å². The zero-order valence-electron chi connectivity index (χ0n) is 6.24. The van der Waals surface area contributed by atoms with Crippen molar-refractivity contribution in [2.24, 2.45) is 11.8 Å². The summed E-state index contributed by atoms with van der Waals surface area (Å²) >= 11 is 0. The van der Waals surface area contributed by atoms with Crippen LogP contribution in [0.4, 0.5) is 0 Å². The third-order valence-electron chi connectivity index (χ3n) is 2.31. The molecule has 0 spiro atoms. The smallest absolute Gasteiger partial charge is 0.318 e. The molecule has 2 heterocycles. The number of cyclic esters (lactones) is 2. The molecule has 2 aliphatic heterocycles. The maximum atomic E-state index is 10.9. The van der Waals surface area contributed by atoms with Gasteiger partial charge in [-0.2, -0.15) is 0 Å². The van der Waals surface area contributed by atoms with E-state index in [2.05, 4.69) is 4.74 Å². The zero-order chi connectivity index (χ0) is 8.01. The van der Waals surface area contributed by atoms with E-state index in [0.29, 0.717) is 13.1 Å². The molecule has 0 N–H and O–H groups in total. The fraction of sp³-hybridized carbons (Fsp3) is 0.714. The van der Waals surface area contributed by atoms with Crippen molar-refractivity contribution in [1.82, 2.24) is 4.90 Å². The largest absolute Gasteiger partial charge is 0.393 e. The molecule has 2 saturated heterocycles. The molecule has 2 aliphatic rings. The Hall–Kier alpha value is -0.900. The highest BCUT2D eigenvalue weighted by molar-refractivity contribution is 5.97. The fourth-order valence-corrected chi connectivity index (χ4v) is 1.73. The molecule has 0 aromatic heterocycles. The van der Waals surface area contributed by atoms with Crippen LogP contribution in [0.15, 0.2) is 0 Å². The minimum atomic E-state index is -0.343. The second-order valence-corrected chi connectivity index (χ2v) is 3.17. The monoisotopic (exact) mass is 155 g/mol. The predicted molar refractivity (Wildman–Crippen MR) is 35.6 cm³/mol. The normalized spacial score (nSPS) is 37.5. The molecule has 2 rings (SSSR count). The molecule has 4 heteroatoms. The van der Waals surface area contributed by atoms with Crippen LogP contribution in [0.25, 0.3) is 0 Å². The van der Waals surface area contributed by atoms with Gasteiger partial charge in [0.1, 0.15) is 0 Å². The summed E-state index contributed by atoms with van der Waals surface area (Å²) in [6.45, 7) is 1.32. The highest BCUT2D eigenvalue weighted by Gasteiger charge is 2.48. The summed E-state index contributed by atoms with van der Waals surface area (Å²) in [5, 5.41) is 0. The van der Waals surface area contributed by atoms with E-state index >= 15 is 0 Å². The highest BCUT2D eigenvalue weighted by atomic mass is 16.6. The summed E-state index contributed by atoms with van der Waals surface area (Å²) < 4.78 is 4.47. The van der Waals surface area contributed by atoms with E-state index < -0.39 is 0 Å². The van der Waals surface area contributed by atoms with E-state index in [4.69, 9.17) is 0 Å². The predicted octanol–water partition coefficient (Wildman–Crippen LogP) is -0.752. The van der Waals surface area contributed by atoms with Crippen LogP contribution in [-0.2, 0) is 14.3 Å². The summed E-state index contributed by atoms with van der Waals surface area (Å²) in [5.41, 5.74) is 0. The third kappa shape index (κ3) is 0.860. The van der Waals surface area contributed by atoms with Gasteiger partial charge in [-0.05, 0) is 7.05 Å². The van der Waals surface area contributed by atoms with Crippen LogP contribution < -0.4 is 0 Å². The van der Waals surface area contributed by atoms with Crippen LogP contribution >= 0.6 is 0 Å². The standard InChI is InChI=1S/C7H9NO3/c1-8-2-4-5(3-8)7(10)11-6(4)9/h4-5H,2-3H2,1H3. The molecule has 0 bridgehead atoms. The van der Waals surface area contributed by atoms with Gasteiger partial charge >= 0.3 is 11.9 Å². The van der Waals surface area contributed by atoms with Gasteiger partial charge in [0.2, 0.25) is 0 Å². The first kappa shape index (κ1) is 6.79. The van der Waals surface area contributed by atoms with Gasteiger partial charge in [-0.3, -0.25) is 9.59 Å². The molecule has 0 amide bonds. The van der Waals surface area contributed by atoms with Gasteiger partial charge in [-0.1, -0.05) is 0 Å². The van der Waals surface area contributed by atoms with Gasteiger partial charge < -0.3 is 9.64 Å². The van der Waals surface area contributed by atoms with E-state index in [1.54, 1.807) is 0 Å².